The fourth-order valence-electron chi connectivity index (χ4n) is 5.66. The Morgan fingerprint density at radius 1 is 1.17 bits per heavy atom. The van der Waals surface area contributed by atoms with Gasteiger partial charge in [0, 0.05) is 46.5 Å². The summed E-state index contributed by atoms with van der Waals surface area (Å²) in [5.74, 6) is 1.31. The van der Waals surface area contributed by atoms with Crippen molar-refractivity contribution < 1.29 is 4.79 Å². The number of benzene rings is 1. The molecule has 1 aliphatic carbocycles. The van der Waals surface area contributed by atoms with Gasteiger partial charge in [0.05, 0.1) is 0 Å². The van der Waals surface area contributed by atoms with Gasteiger partial charge in [0.25, 0.3) is 0 Å². The van der Waals surface area contributed by atoms with Gasteiger partial charge in [-0.15, -0.1) is 11.3 Å². The zero-order valence-corrected chi connectivity index (χ0v) is 18.0. The monoisotopic (exact) mass is 406 g/mol. The van der Waals surface area contributed by atoms with E-state index < -0.39 is 0 Å². The molecule has 2 aromatic heterocycles. The van der Waals surface area contributed by atoms with Crippen LogP contribution in [0.4, 0.5) is 0 Å². The first-order valence-electron chi connectivity index (χ1n) is 11.2. The molecule has 1 aliphatic heterocycles. The minimum Gasteiger partial charge on any atom is -0.361 e. The van der Waals surface area contributed by atoms with Gasteiger partial charge in [0.1, 0.15) is 0 Å². The average Bonchev–Trinajstić information content (AvgIpc) is 3.43. The van der Waals surface area contributed by atoms with Crippen molar-refractivity contribution in [2.45, 2.75) is 63.8 Å². The maximum atomic E-state index is 13.3. The topological polar surface area (TPSA) is 36.1 Å². The number of hydrogen-bond acceptors (Lipinski definition) is 2. The number of piperidine rings is 1. The molecule has 152 valence electrons. The molecule has 3 nitrogen and oxygen atoms in total. The molecule has 0 radical (unpaired) electrons. The first-order valence-corrected chi connectivity index (χ1v) is 12.0. The van der Waals surface area contributed by atoms with E-state index in [0.717, 1.165) is 18.0 Å². The molecule has 4 heteroatoms. The van der Waals surface area contributed by atoms with Crippen molar-refractivity contribution >= 4 is 28.1 Å². The number of nitrogens with zero attached hydrogens (tertiary/aromatic N) is 1. The SMILES string of the molecule is CC(CC(=O)N1CCCC2CCCCC21)c1c[nH]c2cccc(-c3cccs3)c12. The summed E-state index contributed by atoms with van der Waals surface area (Å²) in [6.45, 7) is 3.18. The third kappa shape index (κ3) is 3.52. The van der Waals surface area contributed by atoms with Crippen molar-refractivity contribution in [1.29, 1.82) is 0 Å². The molecule has 3 heterocycles. The molecule has 1 saturated carbocycles. The number of fused-ring (bicyclic) bond motifs is 2. The van der Waals surface area contributed by atoms with Crippen LogP contribution in [-0.2, 0) is 4.79 Å². The van der Waals surface area contributed by atoms with Gasteiger partial charge in [-0.25, -0.2) is 0 Å². The number of carbonyl (C=O) groups excluding carboxylic acids is 1. The number of H-pyrrole nitrogens is 1. The first kappa shape index (κ1) is 18.9. The van der Waals surface area contributed by atoms with Crippen molar-refractivity contribution in [2.75, 3.05) is 6.54 Å². The van der Waals surface area contributed by atoms with Gasteiger partial charge in [0.15, 0.2) is 0 Å². The fourth-order valence-corrected chi connectivity index (χ4v) is 6.42. The number of amides is 1. The number of hydrogen-bond donors (Lipinski definition) is 1. The minimum atomic E-state index is 0.210. The highest BCUT2D eigenvalue weighted by atomic mass is 32.1. The maximum absolute atomic E-state index is 13.3. The second kappa shape index (κ2) is 7.98. The average molecular weight is 407 g/mol. The zero-order valence-electron chi connectivity index (χ0n) is 17.2. The summed E-state index contributed by atoms with van der Waals surface area (Å²) >= 11 is 1.77. The second-order valence-corrected chi connectivity index (χ2v) is 9.84. The Kier molecular flexibility index (Phi) is 5.21. The van der Waals surface area contributed by atoms with E-state index in [4.69, 9.17) is 0 Å². The van der Waals surface area contributed by atoms with Crippen LogP contribution in [0, 0.1) is 5.92 Å². The maximum Gasteiger partial charge on any atom is 0.223 e. The van der Waals surface area contributed by atoms with Crippen LogP contribution < -0.4 is 0 Å². The second-order valence-electron chi connectivity index (χ2n) is 8.90. The molecule has 1 saturated heterocycles. The van der Waals surface area contributed by atoms with Crippen molar-refractivity contribution in [3.05, 3.63) is 47.5 Å². The Bertz CT molecular complexity index is 988. The summed E-state index contributed by atoms with van der Waals surface area (Å²) in [6, 6.07) is 11.3. The highest BCUT2D eigenvalue weighted by Crippen LogP contribution is 2.39. The van der Waals surface area contributed by atoms with Gasteiger partial charge in [-0.3, -0.25) is 4.79 Å². The smallest absolute Gasteiger partial charge is 0.223 e. The van der Waals surface area contributed by atoms with Crippen molar-refractivity contribution in [3.63, 3.8) is 0 Å². The van der Waals surface area contributed by atoms with E-state index in [1.807, 2.05) is 0 Å². The number of thiophene rings is 1. The quantitative estimate of drug-likeness (QED) is 0.522. The number of likely N-dealkylation sites (tertiary alicyclic amines) is 1. The summed E-state index contributed by atoms with van der Waals surface area (Å²) in [5.41, 5.74) is 3.71. The van der Waals surface area contributed by atoms with Crippen LogP contribution in [0.1, 0.15) is 63.4 Å². The summed E-state index contributed by atoms with van der Waals surface area (Å²) in [6.07, 6.45) is 10.4. The van der Waals surface area contributed by atoms with Crippen LogP contribution >= 0.6 is 11.3 Å². The molecular weight excluding hydrogens is 376 g/mol. The molecule has 0 bridgehead atoms. The van der Waals surface area contributed by atoms with Gasteiger partial charge in [0.2, 0.25) is 5.91 Å². The molecule has 2 aliphatic rings. The molecule has 3 unspecified atom stereocenters. The van der Waals surface area contributed by atoms with Crippen LogP contribution in [-0.4, -0.2) is 28.4 Å². The summed E-state index contributed by atoms with van der Waals surface area (Å²) < 4.78 is 0. The first-order chi connectivity index (χ1) is 14.2. The Balaban J connectivity index is 1.40. The molecule has 1 N–H and O–H groups in total. The van der Waals surface area contributed by atoms with Crippen LogP contribution in [0.2, 0.25) is 0 Å². The van der Waals surface area contributed by atoms with Crippen molar-refractivity contribution in [3.8, 4) is 10.4 Å². The zero-order chi connectivity index (χ0) is 19.8. The van der Waals surface area contributed by atoms with E-state index in [1.54, 1.807) is 11.3 Å². The molecule has 3 atom stereocenters. The lowest BCUT2D eigenvalue weighted by Crippen LogP contribution is -2.49. The molecule has 2 fully saturated rings. The van der Waals surface area contributed by atoms with E-state index in [0.29, 0.717) is 18.4 Å². The number of aromatic amines is 1. The Morgan fingerprint density at radius 3 is 2.90 bits per heavy atom. The summed E-state index contributed by atoms with van der Waals surface area (Å²) in [5, 5.41) is 3.41. The molecule has 3 aromatic rings. The van der Waals surface area contributed by atoms with Crippen LogP contribution in [0.5, 0.6) is 0 Å². The third-order valence-electron chi connectivity index (χ3n) is 7.10. The van der Waals surface area contributed by atoms with Crippen molar-refractivity contribution in [2.24, 2.45) is 5.92 Å². The van der Waals surface area contributed by atoms with E-state index in [1.165, 1.54) is 59.9 Å². The summed E-state index contributed by atoms with van der Waals surface area (Å²) in [4.78, 5) is 20.3. The van der Waals surface area contributed by atoms with Gasteiger partial charge in [-0.1, -0.05) is 38.0 Å². The van der Waals surface area contributed by atoms with Gasteiger partial charge in [-0.05, 0) is 60.6 Å². The molecule has 5 rings (SSSR count). The predicted molar refractivity (Wildman–Crippen MR) is 121 cm³/mol. The van der Waals surface area contributed by atoms with Gasteiger partial charge in [-0.2, -0.15) is 0 Å². The Labute approximate surface area is 177 Å². The molecule has 0 spiro atoms. The molecular formula is C25H30N2OS. The van der Waals surface area contributed by atoms with E-state index in [9.17, 15) is 4.79 Å². The molecule has 1 aromatic carbocycles. The number of aromatic nitrogens is 1. The predicted octanol–water partition coefficient (Wildman–Crippen LogP) is 6.57. The van der Waals surface area contributed by atoms with Crippen molar-refractivity contribution in [1.82, 2.24) is 9.88 Å². The minimum absolute atomic E-state index is 0.210. The highest BCUT2D eigenvalue weighted by molar-refractivity contribution is 7.13. The number of carbonyl (C=O) groups is 1. The van der Waals surface area contributed by atoms with Gasteiger partial charge >= 0.3 is 0 Å². The Morgan fingerprint density at radius 2 is 2.03 bits per heavy atom. The van der Waals surface area contributed by atoms with E-state index >= 15 is 0 Å². The summed E-state index contributed by atoms with van der Waals surface area (Å²) in [7, 11) is 0. The lowest BCUT2D eigenvalue weighted by molar-refractivity contribution is -0.137. The third-order valence-corrected chi connectivity index (χ3v) is 8.00. The number of rotatable bonds is 4. The Hall–Kier alpha value is -2.07. The standard InChI is InChI=1S/C25H30N2OS/c1-17(15-24(28)27-13-5-8-18-7-2-3-11-22(18)27)20-16-26-21-10-4-9-19(25(20)21)23-12-6-14-29-23/h4,6,9-10,12,14,16-18,22,26H,2-3,5,7-8,11,13,15H2,1H3. The van der Waals surface area contributed by atoms with E-state index in [-0.39, 0.29) is 5.92 Å². The lowest BCUT2D eigenvalue weighted by Gasteiger charge is -2.44. The number of nitrogens with one attached hydrogen (secondary N) is 1. The molecule has 29 heavy (non-hydrogen) atoms. The lowest BCUT2D eigenvalue weighted by atomic mass is 9.78. The highest BCUT2D eigenvalue weighted by Gasteiger charge is 2.36. The van der Waals surface area contributed by atoms with Gasteiger partial charge < -0.3 is 9.88 Å². The van der Waals surface area contributed by atoms with Crippen LogP contribution in [0.15, 0.2) is 41.9 Å². The van der Waals surface area contributed by atoms with Crippen LogP contribution in [0.3, 0.4) is 0 Å². The van der Waals surface area contributed by atoms with Crippen LogP contribution in [0.25, 0.3) is 21.3 Å². The fraction of sp³-hybridized carbons (Fsp3) is 0.480. The normalized spacial score (nSPS) is 23.1. The largest absolute Gasteiger partial charge is 0.361 e. The molecule has 1 amide bonds. The van der Waals surface area contributed by atoms with E-state index in [2.05, 4.69) is 58.7 Å².